The van der Waals surface area contributed by atoms with Crippen molar-refractivity contribution in [3.63, 3.8) is 0 Å². The molecule has 1 aromatic rings. The third-order valence-corrected chi connectivity index (χ3v) is 2.27. The van der Waals surface area contributed by atoms with Gasteiger partial charge in [-0.25, -0.2) is 0 Å². The number of rotatable bonds is 1. The molecule has 0 radical (unpaired) electrons. The van der Waals surface area contributed by atoms with E-state index in [1.165, 1.54) is 0 Å². The Morgan fingerprint density at radius 2 is 1.77 bits per heavy atom. The molecule has 2 nitrogen and oxygen atoms in total. The standard InChI is InChI=1S/C10H13BrN2/c1-12-10(13(2)3)8-4-6-9(11)7-5-8/h4-7H,1-3H3. The Morgan fingerprint density at radius 3 is 2.15 bits per heavy atom. The fourth-order valence-corrected chi connectivity index (χ4v) is 1.45. The van der Waals surface area contributed by atoms with E-state index in [0.717, 1.165) is 15.9 Å². The average molecular weight is 241 g/mol. The Labute approximate surface area is 87.4 Å². The molecule has 0 saturated carbocycles. The van der Waals surface area contributed by atoms with E-state index in [9.17, 15) is 0 Å². The van der Waals surface area contributed by atoms with Crippen molar-refractivity contribution in [3.05, 3.63) is 34.3 Å². The van der Waals surface area contributed by atoms with Crippen molar-refractivity contribution in [1.82, 2.24) is 4.90 Å². The Bertz CT molecular complexity index is 301. The molecule has 13 heavy (non-hydrogen) atoms. The van der Waals surface area contributed by atoms with E-state index in [1.807, 2.05) is 43.3 Å². The number of halogens is 1. The second kappa shape index (κ2) is 4.42. The first kappa shape index (κ1) is 10.3. The van der Waals surface area contributed by atoms with E-state index in [2.05, 4.69) is 20.9 Å². The number of hydrogen-bond acceptors (Lipinski definition) is 1. The normalized spacial score (nSPS) is 11.5. The lowest BCUT2D eigenvalue weighted by Crippen LogP contribution is -2.22. The van der Waals surface area contributed by atoms with E-state index in [4.69, 9.17) is 0 Å². The minimum Gasteiger partial charge on any atom is -0.363 e. The van der Waals surface area contributed by atoms with Gasteiger partial charge >= 0.3 is 0 Å². The van der Waals surface area contributed by atoms with Gasteiger partial charge < -0.3 is 4.90 Å². The van der Waals surface area contributed by atoms with Crippen LogP contribution in [0.2, 0.25) is 0 Å². The minimum absolute atomic E-state index is 0.993. The van der Waals surface area contributed by atoms with Crippen LogP contribution in [0.3, 0.4) is 0 Å². The zero-order valence-electron chi connectivity index (χ0n) is 8.08. The molecule has 1 aromatic carbocycles. The van der Waals surface area contributed by atoms with Crippen molar-refractivity contribution >= 4 is 21.8 Å². The van der Waals surface area contributed by atoms with Crippen LogP contribution < -0.4 is 0 Å². The largest absolute Gasteiger partial charge is 0.363 e. The molecule has 0 unspecified atom stereocenters. The van der Waals surface area contributed by atoms with Crippen LogP contribution in [0.25, 0.3) is 0 Å². The summed E-state index contributed by atoms with van der Waals surface area (Å²) in [5, 5.41) is 0. The Morgan fingerprint density at radius 1 is 1.23 bits per heavy atom. The highest BCUT2D eigenvalue weighted by atomic mass is 79.9. The first-order chi connectivity index (χ1) is 6.15. The van der Waals surface area contributed by atoms with Gasteiger partial charge in [0.05, 0.1) is 0 Å². The molecule has 0 spiro atoms. The molecule has 3 heteroatoms. The molecule has 0 aliphatic heterocycles. The molecular formula is C10H13BrN2. The summed E-state index contributed by atoms with van der Waals surface area (Å²) in [6.07, 6.45) is 0. The molecule has 0 atom stereocenters. The van der Waals surface area contributed by atoms with Gasteiger partial charge in [0.1, 0.15) is 5.84 Å². The Hall–Kier alpha value is -0.830. The van der Waals surface area contributed by atoms with E-state index in [0.29, 0.717) is 0 Å². The summed E-state index contributed by atoms with van der Waals surface area (Å²) in [5.74, 6) is 0.993. The van der Waals surface area contributed by atoms with E-state index in [-0.39, 0.29) is 0 Å². The van der Waals surface area contributed by atoms with Crippen LogP contribution in [-0.4, -0.2) is 31.9 Å². The molecule has 0 saturated heterocycles. The van der Waals surface area contributed by atoms with Crippen LogP contribution in [0.15, 0.2) is 33.7 Å². The van der Waals surface area contributed by atoms with Gasteiger partial charge in [-0.3, -0.25) is 4.99 Å². The highest BCUT2D eigenvalue weighted by molar-refractivity contribution is 9.10. The second-order valence-electron chi connectivity index (χ2n) is 2.95. The average Bonchev–Trinajstić information content (AvgIpc) is 2.09. The van der Waals surface area contributed by atoms with Gasteiger partial charge in [0.2, 0.25) is 0 Å². The first-order valence-corrected chi connectivity index (χ1v) is 4.84. The summed E-state index contributed by atoms with van der Waals surface area (Å²) in [7, 11) is 5.78. The maximum atomic E-state index is 4.21. The predicted molar refractivity (Wildman–Crippen MR) is 60.3 cm³/mol. The SMILES string of the molecule is CN=C(c1ccc(Br)cc1)N(C)C. The third-order valence-electron chi connectivity index (χ3n) is 1.74. The van der Waals surface area contributed by atoms with E-state index < -0.39 is 0 Å². The van der Waals surface area contributed by atoms with Gasteiger partial charge in [-0.15, -0.1) is 0 Å². The topological polar surface area (TPSA) is 15.6 Å². The molecule has 0 amide bonds. The van der Waals surface area contributed by atoms with Crippen molar-refractivity contribution in [1.29, 1.82) is 0 Å². The van der Waals surface area contributed by atoms with Crippen LogP contribution in [0.5, 0.6) is 0 Å². The highest BCUT2D eigenvalue weighted by Crippen LogP contribution is 2.11. The molecule has 0 heterocycles. The zero-order valence-corrected chi connectivity index (χ0v) is 9.67. The number of benzene rings is 1. The Balaban J connectivity index is 3.00. The fourth-order valence-electron chi connectivity index (χ4n) is 1.19. The third kappa shape index (κ3) is 2.56. The summed E-state index contributed by atoms with van der Waals surface area (Å²) < 4.78 is 1.09. The number of hydrogen-bond donors (Lipinski definition) is 0. The summed E-state index contributed by atoms with van der Waals surface area (Å²) in [5.41, 5.74) is 1.13. The van der Waals surface area contributed by atoms with Crippen molar-refractivity contribution < 1.29 is 0 Å². The lowest BCUT2D eigenvalue weighted by molar-refractivity contribution is 0.622. The molecule has 1 rings (SSSR count). The minimum atomic E-state index is 0.993. The van der Waals surface area contributed by atoms with Gasteiger partial charge in [0.15, 0.2) is 0 Å². The number of amidine groups is 1. The van der Waals surface area contributed by atoms with Crippen molar-refractivity contribution in [3.8, 4) is 0 Å². The van der Waals surface area contributed by atoms with Gasteiger partial charge in [-0.2, -0.15) is 0 Å². The highest BCUT2D eigenvalue weighted by Gasteiger charge is 2.03. The molecule has 70 valence electrons. The Kier molecular flexibility index (Phi) is 3.48. The smallest absolute Gasteiger partial charge is 0.130 e. The van der Waals surface area contributed by atoms with Crippen molar-refractivity contribution in [2.45, 2.75) is 0 Å². The van der Waals surface area contributed by atoms with Crippen LogP contribution >= 0.6 is 15.9 Å². The summed E-state index contributed by atoms with van der Waals surface area (Å²) >= 11 is 3.40. The monoisotopic (exact) mass is 240 g/mol. The van der Waals surface area contributed by atoms with Crippen molar-refractivity contribution in [2.24, 2.45) is 4.99 Å². The summed E-state index contributed by atoms with van der Waals surface area (Å²) in [4.78, 5) is 6.22. The molecular weight excluding hydrogens is 228 g/mol. The lowest BCUT2D eigenvalue weighted by atomic mass is 10.2. The molecule has 0 aliphatic rings. The molecule has 0 aliphatic carbocycles. The van der Waals surface area contributed by atoms with Crippen LogP contribution in [0.1, 0.15) is 5.56 Å². The van der Waals surface area contributed by atoms with Gasteiger partial charge in [-0.05, 0) is 12.1 Å². The summed E-state index contributed by atoms with van der Waals surface area (Å²) in [6.45, 7) is 0. The molecule has 0 bridgehead atoms. The van der Waals surface area contributed by atoms with Gasteiger partial charge in [0, 0.05) is 31.2 Å². The number of nitrogens with zero attached hydrogens (tertiary/aromatic N) is 2. The molecule has 0 N–H and O–H groups in total. The predicted octanol–water partition coefficient (Wildman–Crippen LogP) is 2.39. The number of aliphatic imine (C=N–C) groups is 1. The van der Waals surface area contributed by atoms with Gasteiger partial charge in [-0.1, -0.05) is 28.1 Å². The van der Waals surface area contributed by atoms with Crippen LogP contribution in [0.4, 0.5) is 0 Å². The fraction of sp³-hybridized carbons (Fsp3) is 0.300. The van der Waals surface area contributed by atoms with E-state index in [1.54, 1.807) is 7.05 Å². The molecule has 0 aromatic heterocycles. The second-order valence-corrected chi connectivity index (χ2v) is 3.86. The quantitative estimate of drug-likeness (QED) is 0.544. The summed E-state index contributed by atoms with van der Waals surface area (Å²) in [6, 6.07) is 8.13. The zero-order chi connectivity index (χ0) is 9.84. The first-order valence-electron chi connectivity index (χ1n) is 4.05. The maximum absolute atomic E-state index is 4.21. The lowest BCUT2D eigenvalue weighted by Gasteiger charge is -2.15. The van der Waals surface area contributed by atoms with Gasteiger partial charge in [0.25, 0.3) is 0 Å². The van der Waals surface area contributed by atoms with Crippen molar-refractivity contribution in [2.75, 3.05) is 21.1 Å². The maximum Gasteiger partial charge on any atom is 0.130 e. The van der Waals surface area contributed by atoms with E-state index >= 15 is 0 Å². The van der Waals surface area contributed by atoms with Crippen LogP contribution in [0, 0.1) is 0 Å². The molecule has 0 fully saturated rings. The van der Waals surface area contributed by atoms with Crippen LogP contribution in [-0.2, 0) is 0 Å².